The highest BCUT2D eigenvalue weighted by atomic mass is 19.1. The third-order valence-corrected chi connectivity index (χ3v) is 1.93. The van der Waals surface area contributed by atoms with Gasteiger partial charge < -0.3 is 15.8 Å². The van der Waals surface area contributed by atoms with Crippen LogP contribution in [0.3, 0.4) is 0 Å². The maximum absolute atomic E-state index is 13.3. The van der Waals surface area contributed by atoms with E-state index in [1.165, 1.54) is 18.2 Å². The molecule has 19 heavy (non-hydrogen) atoms. The summed E-state index contributed by atoms with van der Waals surface area (Å²) in [6.07, 6.45) is -0.560. The Labute approximate surface area is 112 Å². The number of halogens is 1. The zero-order valence-electron chi connectivity index (χ0n) is 11.2. The Morgan fingerprint density at radius 3 is 2.79 bits per heavy atom. The van der Waals surface area contributed by atoms with Gasteiger partial charge in [-0.05, 0) is 39.0 Å². The summed E-state index contributed by atoms with van der Waals surface area (Å²) in [7, 11) is 0. The maximum Gasteiger partial charge on any atom is 0.408 e. The highest BCUT2D eigenvalue weighted by molar-refractivity contribution is 5.68. The van der Waals surface area contributed by atoms with Crippen LogP contribution in [0.1, 0.15) is 26.3 Å². The molecule has 0 atom stereocenters. The van der Waals surface area contributed by atoms with Gasteiger partial charge in [0.2, 0.25) is 0 Å². The van der Waals surface area contributed by atoms with E-state index in [9.17, 15) is 9.18 Å². The van der Waals surface area contributed by atoms with Crippen LogP contribution in [0.15, 0.2) is 18.2 Å². The van der Waals surface area contributed by atoms with Gasteiger partial charge in [0, 0.05) is 5.69 Å². The van der Waals surface area contributed by atoms with Gasteiger partial charge in [-0.15, -0.1) is 0 Å². The quantitative estimate of drug-likeness (QED) is 0.604. The lowest BCUT2D eigenvalue weighted by Crippen LogP contribution is -2.32. The first-order chi connectivity index (χ1) is 8.78. The average molecular weight is 264 g/mol. The lowest BCUT2D eigenvalue weighted by Gasteiger charge is -2.18. The number of nitrogens with one attached hydrogen (secondary N) is 1. The lowest BCUT2D eigenvalue weighted by atomic mass is 10.2. The molecule has 5 heteroatoms. The Balaban J connectivity index is 2.52. The van der Waals surface area contributed by atoms with E-state index in [4.69, 9.17) is 10.5 Å². The predicted octanol–water partition coefficient (Wildman–Crippen LogP) is 2.28. The van der Waals surface area contributed by atoms with E-state index in [2.05, 4.69) is 17.2 Å². The molecule has 1 aromatic carbocycles. The van der Waals surface area contributed by atoms with Crippen LogP contribution in [0.2, 0.25) is 0 Å². The molecule has 0 fully saturated rings. The minimum Gasteiger partial charge on any atom is -0.444 e. The minimum absolute atomic E-state index is 0.0726. The molecule has 0 aromatic heterocycles. The summed E-state index contributed by atoms with van der Waals surface area (Å²) in [5.41, 5.74) is 5.60. The number of anilines is 1. The molecule has 3 N–H and O–H groups in total. The molecule has 0 saturated carbocycles. The Kier molecular flexibility index (Phi) is 4.76. The van der Waals surface area contributed by atoms with E-state index in [1.54, 1.807) is 20.8 Å². The predicted molar refractivity (Wildman–Crippen MR) is 71.9 cm³/mol. The van der Waals surface area contributed by atoms with E-state index in [1.807, 2.05) is 0 Å². The van der Waals surface area contributed by atoms with Crippen molar-refractivity contribution < 1.29 is 13.9 Å². The van der Waals surface area contributed by atoms with E-state index in [0.29, 0.717) is 5.69 Å². The van der Waals surface area contributed by atoms with Gasteiger partial charge >= 0.3 is 6.09 Å². The topological polar surface area (TPSA) is 64.3 Å². The Bertz CT molecular complexity index is 524. The molecule has 1 amide bonds. The summed E-state index contributed by atoms with van der Waals surface area (Å²) < 4.78 is 18.3. The fraction of sp³-hybridized carbons (Fsp3) is 0.357. The minimum atomic E-state index is -0.560. The van der Waals surface area contributed by atoms with Crippen molar-refractivity contribution in [1.29, 1.82) is 0 Å². The number of carbonyl (C=O) groups excluding carboxylic acids is 1. The Morgan fingerprint density at radius 1 is 1.47 bits per heavy atom. The Morgan fingerprint density at radius 2 is 2.16 bits per heavy atom. The van der Waals surface area contributed by atoms with Crippen LogP contribution in [0.5, 0.6) is 0 Å². The van der Waals surface area contributed by atoms with Crippen molar-refractivity contribution in [3.8, 4) is 11.8 Å². The van der Waals surface area contributed by atoms with Crippen LogP contribution >= 0.6 is 0 Å². The summed E-state index contributed by atoms with van der Waals surface area (Å²) in [6.45, 7) is 5.37. The number of ether oxygens (including phenoxy) is 1. The second-order valence-electron chi connectivity index (χ2n) is 4.90. The summed E-state index contributed by atoms with van der Waals surface area (Å²) in [5.74, 6) is 4.78. The molecule has 0 radical (unpaired) electrons. The molecule has 102 valence electrons. The van der Waals surface area contributed by atoms with Crippen LogP contribution in [-0.4, -0.2) is 18.2 Å². The maximum atomic E-state index is 13.3. The van der Waals surface area contributed by atoms with Crippen LogP contribution in [-0.2, 0) is 4.74 Å². The third kappa shape index (κ3) is 5.77. The number of amides is 1. The molecule has 0 saturated heterocycles. The fourth-order valence-electron chi connectivity index (χ4n) is 1.21. The first-order valence-corrected chi connectivity index (χ1v) is 5.79. The summed E-state index contributed by atoms with van der Waals surface area (Å²) in [4.78, 5) is 11.3. The van der Waals surface area contributed by atoms with Crippen LogP contribution < -0.4 is 11.1 Å². The molecule has 0 bridgehead atoms. The van der Waals surface area contributed by atoms with Gasteiger partial charge in [-0.25, -0.2) is 9.18 Å². The smallest absolute Gasteiger partial charge is 0.408 e. The molecule has 0 spiro atoms. The van der Waals surface area contributed by atoms with E-state index >= 15 is 0 Å². The zero-order chi connectivity index (χ0) is 14.5. The first kappa shape index (κ1) is 14.8. The molecule has 0 aliphatic heterocycles. The molecule has 0 heterocycles. The zero-order valence-corrected chi connectivity index (χ0v) is 11.2. The number of benzene rings is 1. The molecule has 0 unspecified atom stereocenters. The van der Waals surface area contributed by atoms with Gasteiger partial charge in [0.25, 0.3) is 0 Å². The number of hydrogen-bond acceptors (Lipinski definition) is 3. The van der Waals surface area contributed by atoms with Crippen molar-refractivity contribution in [2.75, 3.05) is 12.3 Å². The van der Waals surface area contributed by atoms with Crippen molar-refractivity contribution in [2.24, 2.45) is 0 Å². The summed E-state index contributed by atoms with van der Waals surface area (Å²) in [6, 6.07) is 4.15. The second-order valence-corrected chi connectivity index (χ2v) is 4.90. The fourth-order valence-corrected chi connectivity index (χ4v) is 1.21. The number of nitrogens with two attached hydrogens (primary N) is 1. The first-order valence-electron chi connectivity index (χ1n) is 5.79. The summed E-state index contributed by atoms with van der Waals surface area (Å²) in [5, 5.41) is 2.46. The molecular formula is C14H17FN2O2. The molecule has 0 aliphatic rings. The molecule has 1 aromatic rings. The van der Waals surface area contributed by atoms with E-state index in [-0.39, 0.29) is 12.1 Å². The third-order valence-electron chi connectivity index (χ3n) is 1.93. The van der Waals surface area contributed by atoms with Crippen molar-refractivity contribution in [3.63, 3.8) is 0 Å². The summed E-state index contributed by atoms with van der Waals surface area (Å²) >= 11 is 0. The number of alkyl carbamates (subject to hydrolysis) is 1. The number of rotatable bonds is 1. The van der Waals surface area contributed by atoms with Crippen molar-refractivity contribution in [1.82, 2.24) is 5.32 Å². The highest BCUT2D eigenvalue weighted by Crippen LogP contribution is 2.10. The highest BCUT2D eigenvalue weighted by Gasteiger charge is 2.14. The monoisotopic (exact) mass is 264 g/mol. The Hall–Kier alpha value is -2.22. The largest absolute Gasteiger partial charge is 0.444 e. The van der Waals surface area contributed by atoms with Gasteiger partial charge in [0.05, 0.1) is 12.1 Å². The van der Waals surface area contributed by atoms with Gasteiger partial charge in [0.15, 0.2) is 0 Å². The van der Waals surface area contributed by atoms with Crippen LogP contribution in [0.25, 0.3) is 0 Å². The molecule has 4 nitrogen and oxygen atoms in total. The second kappa shape index (κ2) is 6.10. The van der Waals surface area contributed by atoms with E-state index in [0.717, 1.165) is 0 Å². The van der Waals surface area contributed by atoms with Crippen molar-refractivity contribution >= 4 is 11.8 Å². The van der Waals surface area contributed by atoms with Gasteiger partial charge in [-0.3, -0.25) is 0 Å². The molecule has 0 aliphatic carbocycles. The number of nitrogen functional groups attached to an aromatic ring is 1. The van der Waals surface area contributed by atoms with Crippen molar-refractivity contribution in [2.45, 2.75) is 26.4 Å². The standard InChI is InChI=1S/C14H17FN2O2/c1-14(2,3)19-13(18)17-8-4-5-10-9-11(16)6-7-12(10)15/h6-7,9H,8,16H2,1-3H3,(H,17,18). The number of hydrogen-bond donors (Lipinski definition) is 2. The number of carbonyl (C=O) groups is 1. The molecular weight excluding hydrogens is 247 g/mol. The molecule has 1 rings (SSSR count). The van der Waals surface area contributed by atoms with E-state index < -0.39 is 17.5 Å². The van der Waals surface area contributed by atoms with Crippen LogP contribution in [0, 0.1) is 17.7 Å². The van der Waals surface area contributed by atoms with Crippen molar-refractivity contribution in [3.05, 3.63) is 29.6 Å². The SMILES string of the molecule is CC(C)(C)OC(=O)NCC#Cc1cc(N)ccc1F. The lowest BCUT2D eigenvalue weighted by molar-refractivity contribution is 0.0535. The van der Waals surface area contributed by atoms with Gasteiger partial charge in [-0.1, -0.05) is 11.8 Å². The van der Waals surface area contributed by atoms with Crippen LogP contribution in [0.4, 0.5) is 14.9 Å². The van der Waals surface area contributed by atoms with Gasteiger partial charge in [0.1, 0.15) is 11.4 Å². The normalized spacial score (nSPS) is 10.3. The van der Waals surface area contributed by atoms with Gasteiger partial charge in [-0.2, -0.15) is 0 Å². The average Bonchev–Trinajstić information content (AvgIpc) is 2.26.